The van der Waals surface area contributed by atoms with E-state index in [4.69, 9.17) is 9.47 Å². The average molecular weight is 803 g/mol. The second-order valence-corrected chi connectivity index (χ2v) is 13.8. The van der Waals surface area contributed by atoms with Crippen LogP contribution in [0, 0.1) is 0 Å². The highest BCUT2D eigenvalue weighted by Gasteiger charge is 2.72. The molecular formula is C37H32F6N6O4S2. The number of nitrogens with zero attached hydrogens (tertiary/aromatic N) is 2. The van der Waals surface area contributed by atoms with E-state index in [1.54, 1.807) is 36.4 Å². The Morgan fingerprint density at radius 2 is 1.00 bits per heavy atom. The number of ether oxygens (including phenoxy) is 2. The fourth-order valence-corrected chi connectivity index (χ4v) is 7.20. The van der Waals surface area contributed by atoms with Crippen LogP contribution in [0.5, 0.6) is 11.5 Å². The molecule has 0 saturated heterocycles. The van der Waals surface area contributed by atoms with Crippen molar-refractivity contribution in [3.8, 4) is 11.5 Å². The highest BCUT2D eigenvalue weighted by atomic mass is 32.2. The Labute approximate surface area is 318 Å². The monoisotopic (exact) mass is 802 g/mol. The van der Waals surface area contributed by atoms with Crippen LogP contribution >= 0.6 is 23.5 Å². The largest absolute Gasteiger partial charge is 0.494 e. The molecule has 2 amide bonds. The number of nitrogens with one attached hydrogen (secondary N) is 4. The number of benzene rings is 4. The molecule has 0 radical (unpaired) electrons. The SMILES string of the molecule is CCOc1ccc2nc(SCC(=O)Nc3ccc(C(c4ccc(NC(=O)CSc5nc6ccc(OCC)cc6[nH]5)cc4)(C(F)(F)F)C(F)(F)F)cc3)[nH]c2c1. The maximum Gasteiger partial charge on any atom is 0.411 e. The van der Waals surface area contributed by atoms with Crippen LogP contribution in [0.2, 0.25) is 0 Å². The summed E-state index contributed by atoms with van der Waals surface area (Å²) < 4.78 is 99.5. The van der Waals surface area contributed by atoms with Gasteiger partial charge in [0.25, 0.3) is 0 Å². The molecule has 4 N–H and O–H groups in total. The molecule has 0 atom stereocenters. The fourth-order valence-electron chi connectivity index (χ4n) is 5.83. The summed E-state index contributed by atoms with van der Waals surface area (Å²) in [5, 5.41) is 5.84. The van der Waals surface area contributed by atoms with E-state index in [1.165, 1.54) is 0 Å². The van der Waals surface area contributed by atoms with Gasteiger partial charge in [0, 0.05) is 23.5 Å². The molecule has 0 aliphatic heterocycles. The van der Waals surface area contributed by atoms with Gasteiger partial charge in [-0.25, -0.2) is 9.97 Å². The first-order chi connectivity index (χ1) is 26.2. The van der Waals surface area contributed by atoms with E-state index in [0.29, 0.717) is 81.4 Å². The first-order valence-corrected chi connectivity index (χ1v) is 18.6. The van der Waals surface area contributed by atoms with E-state index in [2.05, 4.69) is 30.6 Å². The summed E-state index contributed by atoms with van der Waals surface area (Å²) in [4.78, 5) is 40.2. The number of carbonyl (C=O) groups excluding carboxylic acids is 2. The highest BCUT2D eigenvalue weighted by molar-refractivity contribution is 8.00. The minimum Gasteiger partial charge on any atom is -0.494 e. The number of imidazole rings is 2. The van der Waals surface area contributed by atoms with E-state index < -0.39 is 40.7 Å². The number of anilines is 2. The third kappa shape index (κ3) is 8.64. The van der Waals surface area contributed by atoms with Gasteiger partial charge in [-0.1, -0.05) is 47.8 Å². The molecule has 10 nitrogen and oxygen atoms in total. The Morgan fingerprint density at radius 3 is 1.35 bits per heavy atom. The number of rotatable bonds is 14. The van der Waals surface area contributed by atoms with E-state index in [-0.39, 0.29) is 22.9 Å². The number of hydrogen-bond donors (Lipinski definition) is 4. The number of aromatic nitrogens is 4. The van der Waals surface area contributed by atoms with Crippen LogP contribution in [-0.2, 0) is 15.0 Å². The molecule has 0 saturated carbocycles. The van der Waals surface area contributed by atoms with Crippen molar-refractivity contribution in [2.24, 2.45) is 0 Å². The van der Waals surface area contributed by atoms with E-state index in [9.17, 15) is 35.9 Å². The fraction of sp³-hybridized carbons (Fsp3) is 0.243. The Kier molecular flexibility index (Phi) is 11.6. The van der Waals surface area contributed by atoms with Gasteiger partial charge in [-0.15, -0.1) is 0 Å². The molecular weight excluding hydrogens is 771 g/mol. The van der Waals surface area contributed by atoms with Gasteiger partial charge < -0.3 is 30.1 Å². The summed E-state index contributed by atoms with van der Waals surface area (Å²) in [7, 11) is 0. The maximum atomic E-state index is 14.8. The lowest BCUT2D eigenvalue weighted by Crippen LogP contribution is -2.54. The van der Waals surface area contributed by atoms with Crippen LogP contribution < -0.4 is 20.1 Å². The Bertz CT molecular complexity index is 2130. The summed E-state index contributed by atoms with van der Waals surface area (Å²) in [6, 6.07) is 17.2. The van der Waals surface area contributed by atoms with Gasteiger partial charge in [-0.05, 0) is 73.5 Å². The molecule has 4 aromatic carbocycles. The van der Waals surface area contributed by atoms with Crippen molar-refractivity contribution in [1.29, 1.82) is 0 Å². The standard InChI is InChI=1S/C37H32F6N6O4S2/c1-3-52-25-13-15-27-29(17-25)48-33(46-27)54-19-31(50)44-23-9-5-21(6-10-23)35(36(38,39)40,37(41,42)43)22-7-11-24(12-8-22)45-32(51)20-55-34-47-28-16-14-26(53-4-2)18-30(28)49-34/h5-18H,3-4,19-20H2,1-2H3,(H,44,50)(H,45,51)(H,46,48)(H,47,49). The molecule has 6 rings (SSSR count). The van der Waals surface area contributed by atoms with Crippen molar-refractivity contribution in [1.82, 2.24) is 19.9 Å². The topological polar surface area (TPSA) is 134 Å². The molecule has 0 aliphatic rings. The molecule has 6 aromatic rings. The molecule has 2 aromatic heterocycles. The van der Waals surface area contributed by atoms with Gasteiger partial charge in [0.05, 0.1) is 46.8 Å². The predicted octanol–water partition coefficient (Wildman–Crippen LogP) is 9.11. The van der Waals surface area contributed by atoms with E-state index >= 15 is 0 Å². The maximum absolute atomic E-state index is 14.8. The predicted molar refractivity (Wildman–Crippen MR) is 199 cm³/mol. The van der Waals surface area contributed by atoms with Crippen molar-refractivity contribution >= 4 is 68.8 Å². The summed E-state index contributed by atoms with van der Waals surface area (Å²) >= 11 is 2.12. The molecule has 0 fully saturated rings. The van der Waals surface area contributed by atoms with Gasteiger partial charge in [0.15, 0.2) is 10.3 Å². The molecule has 0 unspecified atom stereocenters. The van der Waals surface area contributed by atoms with Crippen LogP contribution in [0.15, 0.2) is 95.2 Å². The Hall–Kier alpha value is -5.36. The number of aromatic amines is 2. The summed E-state index contributed by atoms with van der Waals surface area (Å²) in [5.41, 5.74) is -4.00. The highest BCUT2D eigenvalue weighted by Crippen LogP contribution is 2.56. The molecule has 18 heteroatoms. The minimum absolute atomic E-state index is 0.00704. The van der Waals surface area contributed by atoms with Gasteiger partial charge in [-0.3, -0.25) is 9.59 Å². The minimum atomic E-state index is -5.83. The number of amides is 2. The van der Waals surface area contributed by atoms with Crippen molar-refractivity contribution in [3.63, 3.8) is 0 Å². The molecule has 0 bridgehead atoms. The smallest absolute Gasteiger partial charge is 0.411 e. The number of thioether (sulfide) groups is 2. The van der Waals surface area contributed by atoms with Gasteiger partial charge in [0.1, 0.15) is 11.5 Å². The van der Waals surface area contributed by atoms with E-state index in [0.717, 1.165) is 47.8 Å². The zero-order valence-electron chi connectivity index (χ0n) is 29.0. The number of fused-ring (bicyclic) bond motifs is 2. The van der Waals surface area contributed by atoms with Gasteiger partial charge in [-0.2, -0.15) is 26.3 Å². The third-order valence-electron chi connectivity index (χ3n) is 8.22. The second-order valence-electron chi connectivity index (χ2n) is 11.9. The summed E-state index contributed by atoms with van der Waals surface area (Å²) in [5.74, 6) is -0.133. The van der Waals surface area contributed by atoms with Crippen LogP contribution in [0.4, 0.5) is 37.7 Å². The Balaban J connectivity index is 1.12. The molecule has 0 spiro atoms. The number of carbonyl (C=O) groups is 2. The van der Waals surface area contributed by atoms with Crippen LogP contribution in [0.3, 0.4) is 0 Å². The summed E-state index contributed by atoms with van der Waals surface area (Å²) in [6.45, 7) is 4.66. The molecule has 55 heavy (non-hydrogen) atoms. The number of H-pyrrole nitrogens is 2. The molecule has 0 aliphatic carbocycles. The molecule has 2 heterocycles. The first-order valence-electron chi connectivity index (χ1n) is 16.6. The lowest BCUT2D eigenvalue weighted by Gasteiger charge is -2.38. The Morgan fingerprint density at radius 1 is 0.618 bits per heavy atom. The van der Waals surface area contributed by atoms with Crippen LogP contribution in [0.1, 0.15) is 25.0 Å². The lowest BCUT2D eigenvalue weighted by atomic mass is 9.73. The number of halogens is 6. The lowest BCUT2D eigenvalue weighted by molar-refractivity contribution is -0.288. The zero-order chi connectivity index (χ0) is 39.4. The number of alkyl halides is 6. The van der Waals surface area contributed by atoms with Crippen LogP contribution in [0.25, 0.3) is 22.1 Å². The average Bonchev–Trinajstić information content (AvgIpc) is 3.74. The quantitative estimate of drug-likeness (QED) is 0.0634. The van der Waals surface area contributed by atoms with Crippen molar-refractivity contribution in [2.75, 3.05) is 35.4 Å². The van der Waals surface area contributed by atoms with Crippen molar-refractivity contribution in [2.45, 2.75) is 41.9 Å². The first kappa shape index (κ1) is 39.3. The summed E-state index contributed by atoms with van der Waals surface area (Å²) in [6.07, 6.45) is -11.7. The van der Waals surface area contributed by atoms with Gasteiger partial charge in [0.2, 0.25) is 17.2 Å². The third-order valence-corrected chi connectivity index (χ3v) is 9.97. The van der Waals surface area contributed by atoms with E-state index in [1.807, 2.05) is 13.8 Å². The normalized spacial score (nSPS) is 12.2. The van der Waals surface area contributed by atoms with Gasteiger partial charge >= 0.3 is 12.4 Å². The zero-order valence-corrected chi connectivity index (χ0v) is 30.7. The number of hydrogen-bond acceptors (Lipinski definition) is 8. The molecule has 288 valence electrons. The van der Waals surface area contributed by atoms with Crippen molar-refractivity contribution < 1.29 is 45.4 Å². The van der Waals surface area contributed by atoms with Crippen LogP contribution in [-0.4, -0.2) is 68.8 Å². The van der Waals surface area contributed by atoms with Crippen molar-refractivity contribution in [3.05, 3.63) is 96.1 Å². The second kappa shape index (κ2) is 16.2.